The monoisotopic (exact) mass is 442 g/mol. The van der Waals surface area contributed by atoms with Crippen molar-refractivity contribution in [1.29, 1.82) is 0 Å². The number of hydrogen-bond acceptors (Lipinski definition) is 6. The zero-order valence-corrected chi connectivity index (χ0v) is 18.8. The fourth-order valence-electron chi connectivity index (χ4n) is 3.51. The van der Waals surface area contributed by atoms with Crippen molar-refractivity contribution in [3.63, 3.8) is 0 Å². The highest BCUT2D eigenvalue weighted by Gasteiger charge is 2.28. The van der Waals surface area contributed by atoms with Gasteiger partial charge in [0.25, 0.3) is 11.8 Å². The van der Waals surface area contributed by atoms with E-state index in [4.69, 9.17) is 22.1 Å². The molecule has 4 rings (SSSR count). The normalized spacial score (nSPS) is 17.9. The molecule has 7 nitrogen and oxygen atoms in total. The summed E-state index contributed by atoms with van der Waals surface area (Å²) in [5.41, 5.74) is 3.15. The Bertz CT molecular complexity index is 1100. The van der Waals surface area contributed by atoms with Gasteiger partial charge in [0.15, 0.2) is 6.61 Å². The van der Waals surface area contributed by atoms with Crippen LogP contribution in [0.4, 0.5) is 5.69 Å². The number of anilines is 1. The van der Waals surface area contributed by atoms with Crippen LogP contribution in [0.2, 0.25) is 0 Å². The van der Waals surface area contributed by atoms with Gasteiger partial charge in [-0.05, 0) is 57.5 Å². The summed E-state index contributed by atoms with van der Waals surface area (Å²) >= 11 is 6.26. The molecule has 156 valence electrons. The van der Waals surface area contributed by atoms with Gasteiger partial charge in [-0.15, -0.1) is 0 Å². The summed E-state index contributed by atoms with van der Waals surface area (Å²) in [5, 5.41) is 7.31. The van der Waals surface area contributed by atoms with Gasteiger partial charge in [0, 0.05) is 5.69 Å². The van der Waals surface area contributed by atoms with Crippen LogP contribution < -0.4 is 15.0 Å². The van der Waals surface area contributed by atoms with Crippen LogP contribution in [0.3, 0.4) is 0 Å². The van der Waals surface area contributed by atoms with Crippen molar-refractivity contribution in [3.05, 3.63) is 46.1 Å². The number of rotatable bonds is 3. The lowest BCUT2D eigenvalue weighted by molar-refractivity contribution is -0.121. The maximum Gasteiger partial charge on any atom is 0.265 e. The third kappa shape index (κ3) is 3.99. The van der Waals surface area contributed by atoms with Gasteiger partial charge in [0.1, 0.15) is 10.1 Å². The maximum absolute atomic E-state index is 12.7. The van der Waals surface area contributed by atoms with E-state index in [9.17, 15) is 9.59 Å². The molecule has 0 radical (unpaired) electrons. The third-order valence-corrected chi connectivity index (χ3v) is 5.92. The molecule has 9 heteroatoms. The average Bonchev–Trinajstić information content (AvgIpc) is 3.18. The van der Waals surface area contributed by atoms with Crippen molar-refractivity contribution in [1.82, 2.24) is 15.1 Å². The minimum Gasteiger partial charge on any atom is -0.482 e. The van der Waals surface area contributed by atoms with Crippen molar-refractivity contribution in [3.8, 4) is 5.75 Å². The molecule has 30 heavy (non-hydrogen) atoms. The summed E-state index contributed by atoms with van der Waals surface area (Å²) in [6, 6.07) is 7.52. The first-order valence-corrected chi connectivity index (χ1v) is 10.7. The highest BCUT2D eigenvalue weighted by molar-refractivity contribution is 8.26. The topological polar surface area (TPSA) is 76.5 Å². The molecule has 0 spiro atoms. The molecule has 1 aromatic heterocycles. The number of hydrogen-bond donors (Lipinski definition) is 1. The molecular weight excluding hydrogens is 420 g/mol. The number of aromatic nitrogens is 2. The van der Waals surface area contributed by atoms with Crippen LogP contribution in [-0.4, -0.2) is 32.5 Å². The summed E-state index contributed by atoms with van der Waals surface area (Å²) in [6.45, 7) is 8.62. The van der Waals surface area contributed by atoms with Gasteiger partial charge in [-0.2, -0.15) is 5.10 Å². The second-order valence-corrected chi connectivity index (χ2v) is 9.93. The molecule has 0 bridgehead atoms. The molecule has 3 heterocycles. The van der Waals surface area contributed by atoms with Gasteiger partial charge < -0.3 is 10.1 Å². The quantitative estimate of drug-likeness (QED) is 0.580. The second-order valence-electron chi connectivity index (χ2n) is 8.21. The van der Waals surface area contributed by atoms with Crippen LogP contribution in [0.15, 0.2) is 29.2 Å². The lowest BCUT2D eigenvalue weighted by Gasteiger charge is -2.29. The molecular formula is C21H22N4O3S2. The largest absolute Gasteiger partial charge is 0.482 e. The van der Waals surface area contributed by atoms with Crippen LogP contribution in [0.1, 0.15) is 37.7 Å². The number of carbonyl (C=O) groups excluding carboxylic acids is 2. The number of fused-ring (bicyclic) bond motifs is 1. The van der Waals surface area contributed by atoms with E-state index < -0.39 is 0 Å². The predicted molar refractivity (Wildman–Crippen MR) is 121 cm³/mol. The Hall–Kier alpha value is -2.65. The van der Waals surface area contributed by atoms with Gasteiger partial charge in [0.2, 0.25) is 0 Å². The van der Waals surface area contributed by atoms with Crippen LogP contribution in [0.25, 0.3) is 6.08 Å². The first-order chi connectivity index (χ1) is 14.1. The smallest absolute Gasteiger partial charge is 0.265 e. The first-order valence-electron chi connectivity index (χ1n) is 9.50. The molecule has 0 atom stereocenters. The Balaban J connectivity index is 1.67. The minimum atomic E-state index is -0.213. The number of thiocarbonyl (C=S) groups is 1. The molecule has 1 saturated heterocycles. The third-order valence-electron chi connectivity index (χ3n) is 4.76. The van der Waals surface area contributed by atoms with E-state index in [0.29, 0.717) is 27.2 Å². The zero-order chi connectivity index (χ0) is 21.6. The fraction of sp³-hybridized carbons (Fsp3) is 0.333. The number of aryl methyl sites for hydroxylation is 1. The van der Waals surface area contributed by atoms with Crippen molar-refractivity contribution in [2.24, 2.45) is 0 Å². The van der Waals surface area contributed by atoms with Crippen LogP contribution in [0, 0.1) is 6.92 Å². The Kier molecular flexibility index (Phi) is 5.19. The molecule has 1 aromatic carbocycles. The zero-order valence-electron chi connectivity index (χ0n) is 17.2. The standard InChI is InChI=1S/C21H22N4O3S2/c1-12-7-14(23-25(12)21(2,3)4)10-24-15-8-13(5-6-16(15)28-11-18(24)26)9-17-19(27)22-20(29)30-17/h5-9H,10-11H2,1-4H3,(H,22,27,29). The van der Waals surface area contributed by atoms with Crippen LogP contribution in [-0.2, 0) is 21.7 Å². The first kappa shape index (κ1) is 20.6. The summed E-state index contributed by atoms with van der Waals surface area (Å²) in [4.78, 5) is 26.8. The molecule has 2 amide bonds. The molecule has 0 aliphatic carbocycles. The van der Waals surface area contributed by atoms with Crippen LogP contribution in [0.5, 0.6) is 5.75 Å². The molecule has 2 aliphatic heterocycles. The van der Waals surface area contributed by atoms with Crippen molar-refractivity contribution in [2.45, 2.75) is 39.8 Å². The number of benzene rings is 1. The second kappa shape index (κ2) is 7.55. The number of nitrogens with one attached hydrogen (secondary N) is 1. The van der Waals surface area contributed by atoms with E-state index >= 15 is 0 Å². The van der Waals surface area contributed by atoms with Gasteiger partial charge in [-0.1, -0.05) is 30.0 Å². The summed E-state index contributed by atoms with van der Waals surface area (Å²) in [6.07, 6.45) is 1.76. The molecule has 2 aromatic rings. The Labute approximate surface area is 184 Å². The number of thioether (sulfide) groups is 1. The van der Waals surface area contributed by atoms with Gasteiger partial charge in [-0.3, -0.25) is 19.2 Å². The number of amides is 2. The molecule has 2 aliphatic rings. The van der Waals surface area contributed by atoms with E-state index in [1.165, 1.54) is 11.8 Å². The Morgan fingerprint density at radius 2 is 2.07 bits per heavy atom. The van der Waals surface area contributed by atoms with Crippen molar-refractivity contribution < 1.29 is 14.3 Å². The summed E-state index contributed by atoms with van der Waals surface area (Å²) in [7, 11) is 0. The van der Waals surface area contributed by atoms with Gasteiger partial charge >= 0.3 is 0 Å². The SMILES string of the molecule is Cc1cc(CN2C(=O)COc3ccc(C=C4SC(=S)NC4=O)cc32)nn1C(C)(C)C. The van der Waals surface area contributed by atoms with Crippen molar-refractivity contribution in [2.75, 3.05) is 11.5 Å². The van der Waals surface area contributed by atoms with Gasteiger partial charge in [-0.25, -0.2) is 0 Å². The summed E-state index contributed by atoms with van der Waals surface area (Å²) in [5.74, 6) is 0.280. The van der Waals surface area contributed by atoms with E-state index in [1.54, 1.807) is 11.0 Å². The molecule has 0 saturated carbocycles. The number of ether oxygens (including phenoxy) is 1. The van der Waals surface area contributed by atoms with Crippen LogP contribution >= 0.6 is 24.0 Å². The Morgan fingerprint density at radius 3 is 2.70 bits per heavy atom. The lowest BCUT2D eigenvalue weighted by Crippen LogP contribution is -2.38. The lowest BCUT2D eigenvalue weighted by atomic mass is 10.1. The highest BCUT2D eigenvalue weighted by Crippen LogP contribution is 2.36. The summed E-state index contributed by atoms with van der Waals surface area (Å²) < 4.78 is 8.01. The van der Waals surface area contributed by atoms with Gasteiger partial charge in [0.05, 0.1) is 28.4 Å². The van der Waals surface area contributed by atoms with E-state index in [2.05, 4.69) is 26.1 Å². The minimum absolute atomic E-state index is 0.0150. The van der Waals surface area contributed by atoms with E-state index in [0.717, 1.165) is 17.0 Å². The average molecular weight is 443 g/mol. The van der Waals surface area contributed by atoms with Crippen molar-refractivity contribution >= 4 is 51.9 Å². The maximum atomic E-state index is 12.7. The number of carbonyl (C=O) groups is 2. The Morgan fingerprint density at radius 1 is 1.30 bits per heavy atom. The van der Waals surface area contributed by atoms with E-state index in [-0.39, 0.29) is 24.0 Å². The molecule has 1 fully saturated rings. The fourth-order valence-corrected chi connectivity index (χ4v) is 4.56. The number of nitrogens with zero attached hydrogens (tertiary/aromatic N) is 3. The highest BCUT2D eigenvalue weighted by atomic mass is 32.2. The molecule has 1 N–H and O–H groups in total. The molecule has 0 unspecified atom stereocenters. The predicted octanol–water partition coefficient (Wildman–Crippen LogP) is 3.36. The van der Waals surface area contributed by atoms with E-state index in [1.807, 2.05) is 35.9 Å².